The molecule has 0 amide bonds. The lowest BCUT2D eigenvalue weighted by atomic mass is 10.2. The third-order valence-electron chi connectivity index (χ3n) is 3.15. The molecule has 1 aromatic heterocycles. The van der Waals surface area contributed by atoms with Gasteiger partial charge in [-0.1, -0.05) is 0 Å². The van der Waals surface area contributed by atoms with E-state index in [-0.39, 0.29) is 18.2 Å². The summed E-state index contributed by atoms with van der Waals surface area (Å²) in [4.78, 5) is 0. The van der Waals surface area contributed by atoms with Gasteiger partial charge in [0.15, 0.2) is 0 Å². The van der Waals surface area contributed by atoms with Gasteiger partial charge in [-0.2, -0.15) is 0 Å². The van der Waals surface area contributed by atoms with E-state index in [1.165, 1.54) is 5.69 Å². The molecule has 2 aromatic rings. The van der Waals surface area contributed by atoms with Gasteiger partial charge < -0.3 is 9.88 Å². The molecule has 2 nitrogen and oxygen atoms in total. The number of benzene rings is 1. The third-order valence-corrected chi connectivity index (χ3v) is 3.76. The van der Waals surface area contributed by atoms with Crippen LogP contribution in [0.4, 0.5) is 4.39 Å². The Morgan fingerprint density at radius 2 is 2.18 bits per heavy atom. The number of nitrogens with one attached hydrogen (secondary N) is 1. The Morgan fingerprint density at radius 1 is 1.41 bits per heavy atom. The van der Waals surface area contributed by atoms with Gasteiger partial charge in [0.2, 0.25) is 0 Å². The van der Waals surface area contributed by atoms with Crippen LogP contribution in [0.3, 0.4) is 0 Å². The normalized spacial score (nSPS) is 18.9. The van der Waals surface area contributed by atoms with Crippen LogP contribution < -0.4 is 5.32 Å². The fourth-order valence-electron chi connectivity index (χ4n) is 2.44. The van der Waals surface area contributed by atoms with Crippen molar-refractivity contribution in [2.24, 2.45) is 0 Å². The molecule has 0 spiro atoms. The van der Waals surface area contributed by atoms with Gasteiger partial charge in [-0.05, 0) is 41.1 Å². The summed E-state index contributed by atoms with van der Waals surface area (Å²) >= 11 is 3.22. The van der Waals surface area contributed by atoms with Gasteiger partial charge in [0.25, 0.3) is 0 Å². The molecule has 0 radical (unpaired) electrons. The number of hydrogen-bond acceptors (Lipinski definition) is 1. The van der Waals surface area contributed by atoms with E-state index >= 15 is 0 Å². The number of halogens is 3. The van der Waals surface area contributed by atoms with Gasteiger partial charge >= 0.3 is 0 Å². The van der Waals surface area contributed by atoms with E-state index in [0.29, 0.717) is 10.5 Å². The van der Waals surface area contributed by atoms with Crippen molar-refractivity contribution in [1.29, 1.82) is 0 Å². The van der Waals surface area contributed by atoms with Crippen LogP contribution in [-0.2, 0) is 6.54 Å². The molecule has 2 heterocycles. The fraction of sp³-hybridized carbons (Fsp3) is 0.333. The molecule has 92 valence electrons. The number of aromatic nitrogens is 1. The maximum Gasteiger partial charge on any atom is 0.139 e. The van der Waals surface area contributed by atoms with Gasteiger partial charge in [0, 0.05) is 30.2 Å². The highest BCUT2D eigenvalue weighted by molar-refractivity contribution is 9.10. The summed E-state index contributed by atoms with van der Waals surface area (Å²) in [5.74, 6) is -0.195. The Balaban J connectivity index is 0.00000108. The predicted molar refractivity (Wildman–Crippen MR) is 73.3 cm³/mol. The van der Waals surface area contributed by atoms with Gasteiger partial charge in [-0.3, -0.25) is 0 Å². The van der Waals surface area contributed by atoms with Crippen LogP contribution in [0, 0.1) is 5.82 Å². The number of rotatable bonds is 0. The van der Waals surface area contributed by atoms with Crippen molar-refractivity contribution in [3.05, 3.63) is 34.2 Å². The zero-order chi connectivity index (χ0) is 11.3. The molecule has 0 saturated heterocycles. The maximum absolute atomic E-state index is 13.5. The minimum atomic E-state index is -0.195. The van der Waals surface area contributed by atoms with Crippen LogP contribution in [0.25, 0.3) is 10.9 Å². The van der Waals surface area contributed by atoms with Crippen molar-refractivity contribution >= 4 is 39.2 Å². The molecule has 5 heteroatoms. The second kappa shape index (κ2) is 4.59. The molecule has 0 bridgehead atoms. The van der Waals surface area contributed by atoms with Crippen LogP contribution >= 0.6 is 28.3 Å². The Bertz CT molecular complexity index is 567. The average molecular weight is 320 g/mol. The highest BCUT2D eigenvalue weighted by atomic mass is 79.9. The van der Waals surface area contributed by atoms with E-state index in [2.05, 4.69) is 38.8 Å². The van der Waals surface area contributed by atoms with Gasteiger partial charge in [0.05, 0.1) is 9.99 Å². The molecule has 17 heavy (non-hydrogen) atoms. The van der Waals surface area contributed by atoms with Crippen LogP contribution in [-0.4, -0.2) is 11.1 Å². The summed E-state index contributed by atoms with van der Waals surface area (Å²) in [6, 6.07) is 5.97. The lowest BCUT2D eigenvalue weighted by molar-refractivity contribution is 0.439. The first-order valence-corrected chi connectivity index (χ1v) is 6.15. The van der Waals surface area contributed by atoms with Gasteiger partial charge in [-0.25, -0.2) is 4.39 Å². The molecule has 1 N–H and O–H groups in total. The lowest BCUT2D eigenvalue weighted by Crippen LogP contribution is -2.30. The van der Waals surface area contributed by atoms with E-state index in [4.69, 9.17) is 0 Å². The zero-order valence-corrected chi connectivity index (χ0v) is 11.7. The Labute approximate surface area is 114 Å². The van der Waals surface area contributed by atoms with Crippen LogP contribution in [0.2, 0.25) is 0 Å². The minimum Gasteiger partial charge on any atom is -0.339 e. The Hall–Kier alpha value is -0.580. The van der Waals surface area contributed by atoms with Crippen molar-refractivity contribution in [1.82, 2.24) is 9.88 Å². The van der Waals surface area contributed by atoms with E-state index in [1.807, 2.05) is 6.07 Å². The topological polar surface area (TPSA) is 17.0 Å². The second-order valence-corrected chi connectivity index (χ2v) is 5.17. The smallest absolute Gasteiger partial charge is 0.139 e. The highest BCUT2D eigenvalue weighted by Gasteiger charge is 2.19. The molecular weight excluding hydrogens is 307 g/mol. The average Bonchev–Trinajstić information content (AvgIpc) is 2.58. The molecule has 1 aliphatic heterocycles. The summed E-state index contributed by atoms with van der Waals surface area (Å²) in [6.45, 7) is 3.95. The van der Waals surface area contributed by atoms with Crippen molar-refractivity contribution in [3.63, 3.8) is 0 Å². The fourth-order valence-corrected chi connectivity index (χ4v) is 2.80. The number of nitrogens with zero attached hydrogens (tertiary/aromatic N) is 1. The summed E-state index contributed by atoms with van der Waals surface area (Å²) in [6.07, 6.45) is 0. The molecule has 1 atom stereocenters. The predicted octanol–water partition coefficient (Wildman–Crippen LogP) is 3.63. The molecule has 0 fully saturated rings. The monoisotopic (exact) mass is 318 g/mol. The number of hydrogen-bond donors (Lipinski definition) is 1. The van der Waals surface area contributed by atoms with Gasteiger partial charge in [-0.15, -0.1) is 12.4 Å². The van der Waals surface area contributed by atoms with E-state index in [1.54, 1.807) is 6.07 Å². The van der Waals surface area contributed by atoms with Gasteiger partial charge in [0.1, 0.15) is 5.82 Å². The highest BCUT2D eigenvalue weighted by Crippen LogP contribution is 2.30. The molecule has 0 aliphatic carbocycles. The maximum atomic E-state index is 13.5. The SMILES string of the molecule is CC1CNCc2cc3cc(Br)c(F)cc3n21.Cl. The van der Waals surface area contributed by atoms with Crippen molar-refractivity contribution in [2.75, 3.05) is 6.54 Å². The van der Waals surface area contributed by atoms with Crippen LogP contribution in [0.5, 0.6) is 0 Å². The first kappa shape index (κ1) is 12.9. The Kier molecular flexibility index (Phi) is 3.48. The zero-order valence-electron chi connectivity index (χ0n) is 9.34. The molecular formula is C12H13BrClFN2. The van der Waals surface area contributed by atoms with E-state index in [9.17, 15) is 4.39 Å². The lowest BCUT2D eigenvalue weighted by Gasteiger charge is -2.24. The summed E-state index contributed by atoms with van der Waals surface area (Å²) in [5.41, 5.74) is 2.22. The first-order valence-electron chi connectivity index (χ1n) is 5.36. The minimum absolute atomic E-state index is 0. The number of fused-ring (bicyclic) bond motifs is 3. The molecule has 3 rings (SSSR count). The molecule has 1 aromatic carbocycles. The third kappa shape index (κ3) is 1.98. The van der Waals surface area contributed by atoms with Crippen molar-refractivity contribution < 1.29 is 4.39 Å². The van der Waals surface area contributed by atoms with Crippen molar-refractivity contribution in [2.45, 2.75) is 19.5 Å². The Morgan fingerprint density at radius 3 is 2.94 bits per heavy atom. The quantitative estimate of drug-likeness (QED) is 0.784. The molecule has 0 saturated carbocycles. The molecule has 1 unspecified atom stereocenters. The summed E-state index contributed by atoms with van der Waals surface area (Å²) in [7, 11) is 0. The summed E-state index contributed by atoms with van der Waals surface area (Å²) in [5, 5.41) is 4.45. The summed E-state index contributed by atoms with van der Waals surface area (Å²) < 4.78 is 16.3. The standard InChI is InChI=1S/C12H12BrFN2.ClH/c1-7-5-15-6-9-2-8-3-10(13)11(14)4-12(8)16(7)9;/h2-4,7,15H,5-6H2,1H3;1H. The van der Waals surface area contributed by atoms with E-state index < -0.39 is 0 Å². The molecule has 1 aliphatic rings. The second-order valence-electron chi connectivity index (χ2n) is 4.31. The van der Waals surface area contributed by atoms with Crippen LogP contribution in [0.15, 0.2) is 22.7 Å². The first-order chi connectivity index (χ1) is 7.66. The van der Waals surface area contributed by atoms with Crippen molar-refractivity contribution in [3.8, 4) is 0 Å². The largest absolute Gasteiger partial charge is 0.339 e. The van der Waals surface area contributed by atoms with Crippen LogP contribution in [0.1, 0.15) is 18.7 Å². The van der Waals surface area contributed by atoms with E-state index in [0.717, 1.165) is 24.0 Å².